The van der Waals surface area contributed by atoms with Crippen molar-refractivity contribution in [2.24, 2.45) is 0 Å². The summed E-state index contributed by atoms with van der Waals surface area (Å²) in [5.41, 5.74) is 8.82. The lowest BCUT2D eigenvalue weighted by atomic mass is 10.1. The number of hydrogen-bond acceptors (Lipinski definition) is 2. The highest BCUT2D eigenvalue weighted by Gasteiger charge is 1.98. The van der Waals surface area contributed by atoms with E-state index in [2.05, 4.69) is 10.9 Å². The molecule has 122 valence electrons. The van der Waals surface area contributed by atoms with Gasteiger partial charge >= 0.3 is 0 Å². The van der Waals surface area contributed by atoms with Gasteiger partial charge in [0.05, 0.1) is 0 Å². The van der Waals surface area contributed by atoms with E-state index in [4.69, 9.17) is 0 Å². The van der Waals surface area contributed by atoms with Gasteiger partial charge in [0, 0.05) is 12.2 Å². The first-order valence-electron chi connectivity index (χ1n) is 7.62. The Bertz CT molecular complexity index is 690. The largest absolute Gasteiger partial charge is 0.268 e. The Balaban J connectivity index is 1.79. The smallest absolute Gasteiger partial charge is 0.262 e. The average Bonchev–Trinajstić information content (AvgIpc) is 2.59. The lowest BCUT2D eigenvalue weighted by molar-refractivity contribution is -0.123. The van der Waals surface area contributed by atoms with Crippen molar-refractivity contribution in [1.82, 2.24) is 10.9 Å². The normalized spacial score (nSPS) is 10.9. The molecule has 0 unspecified atom stereocenters. The van der Waals surface area contributed by atoms with Gasteiger partial charge in [0.2, 0.25) is 0 Å². The number of benzene rings is 2. The minimum atomic E-state index is -0.396. The molecule has 2 aromatic carbocycles. The lowest BCUT2D eigenvalue weighted by Gasteiger charge is -2.02. The molecule has 2 N–H and O–H groups in total. The molecule has 0 atom stereocenters. The van der Waals surface area contributed by atoms with Gasteiger partial charge in [-0.25, -0.2) is 0 Å². The van der Waals surface area contributed by atoms with Gasteiger partial charge in [0.15, 0.2) is 0 Å². The minimum absolute atomic E-state index is 0.396. The van der Waals surface area contributed by atoms with E-state index in [1.54, 1.807) is 12.2 Å². The first kappa shape index (κ1) is 17.2. The van der Waals surface area contributed by atoms with Crippen molar-refractivity contribution in [1.29, 1.82) is 0 Å². The third-order valence-electron chi connectivity index (χ3n) is 3.32. The van der Waals surface area contributed by atoms with Crippen LogP contribution in [0.25, 0.3) is 12.2 Å². The number of hydrogen-bond donors (Lipinski definition) is 2. The number of nitrogens with one attached hydrogen (secondary N) is 2. The highest BCUT2D eigenvalue weighted by atomic mass is 16.2. The molecular formula is C20H20N2O2. The number of aryl methyl sites for hydroxylation is 2. The standard InChI is InChI=1S/C20H20N2O2/c1-15-3-7-17(8-4-15)11-13-19(23)21-22-20(24)14-12-18-9-5-16(2)6-10-18/h3-14H,1-2H3,(H,21,23)(H,22,24). The molecule has 4 nitrogen and oxygen atoms in total. The highest BCUT2D eigenvalue weighted by Crippen LogP contribution is 2.05. The second kappa shape index (κ2) is 8.48. The maximum absolute atomic E-state index is 11.7. The molecule has 4 heteroatoms. The van der Waals surface area contributed by atoms with Gasteiger partial charge < -0.3 is 0 Å². The summed E-state index contributed by atoms with van der Waals surface area (Å²) in [7, 11) is 0. The van der Waals surface area contributed by atoms with Crippen molar-refractivity contribution >= 4 is 24.0 Å². The van der Waals surface area contributed by atoms with E-state index in [1.165, 1.54) is 12.2 Å². The lowest BCUT2D eigenvalue weighted by Crippen LogP contribution is -2.39. The molecule has 0 radical (unpaired) electrons. The Hall–Kier alpha value is -3.14. The van der Waals surface area contributed by atoms with Gasteiger partial charge in [-0.2, -0.15) is 0 Å². The van der Waals surface area contributed by atoms with Crippen LogP contribution in [0.1, 0.15) is 22.3 Å². The molecule has 2 amide bonds. The Morgan fingerprint density at radius 1 is 0.667 bits per heavy atom. The van der Waals surface area contributed by atoms with Gasteiger partial charge in [-0.1, -0.05) is 59.7 Å². The molecule has 0 aromatic heterocycles. The summed E-state index contributed by atoms with van der Waals surface area (Å²) in [4.78, 5) is 23.3. The summed E-state index contributed by atoms with van der Waals surface area (Å²) >= 11 is 0. The topological polar surface area (TPSA) is 58.2 Å². The van der Waals surface area contributed by atoms with Gasteiger partial charge in [0.25, 0.3) is 11.8 Å². The third-order valence-corrected chi connectivity index (χ3v) is 3.32. The van der Waals surface area contributed by atoms with Crippen LogP contribution in [0, 0.1) is 13.8 Å². The van der Waals surface area contributed by atoms with E-state index in [0.717, 1.165) is 22.3 Å². The van der Waals surface area contributed by atoms with Crippen molar-refractivity contribution in [3.05, 3.63) is 82.9 Å². The van der Waals surface area contributed by atoms with Crippen LogP contribution in [-0.2, 0) is 9.59 Å². The molecule has 2 rings (SSSR count). The second-order valence-corrected chi connectivity index (χ2v) is 5.47. The first-order chi connectivity index (χ1) is 11.5. The van der Waals surface area contributed by atoms with Crippen LogP contribution in [0.4, 0.5) is 0 Å². The molecule has 0 aliphatic rings. The molecule has 0 fully saturated rings. The van der Waals surface area contributed by atoms with E-state index >= 15 is 0 Å². The van der Waals surface area contributed by atoms with E-state index in [9.17, 15) is 9.59 Å². The average molecular weight is 320 g/mol. The predicted octanol–water partition coefficient (Wildman–Crippen LogP) is 3.18. The Labute approximate surface area is 141 Å². The SMILES string of the molecule is Cc1ccc(C=CC(=O)NNC(=O)C=Cc2ccc(C)cc2)cc1. The monoisotopic (exact) mass is 320 g/mol. The molecule has 0 bridgehead atoms. The van der Waals surface area contributed by atoms with E-state index in [-0.39, 0.29) is 0 Å². The highest BCUT2D eigenvalue weighted by molar-refractivity contribution is 5.96. The van der Waals surface area contributed by atoms with Gasteiger partial charge in [-0.15, -0.1) is 0 Å². The fraction of sp³-hybridized carbons (Fsp3) is 0.100. The molecule has 0 spiro atoms. The Morgan fingerprint density at radius 3 is 1.33 bits per heavy atom. The van der Waals surface area contributed by atoms with Crippen LogP contribution in [-0.4, -0.2) is 11.8 Å². The first-order valence-corrected chi connectivity index (χ1v) is 7.62. The second-order valence-electron chi connectivity index (χ2n) is 5.47. The zero-order valence-corrected chi connectivity index (χ0v) is 13.7. The molecule has 2 aromatic rings. The maximum atomic E-state index is 11.7. The summed E-state index contributed by atoms with van der Waals surface area (Å²) in [6.07, 6.45) is 6.11. The number of carbonyl (C=O) groups is 2. The zero-order chi connectivity index (χ0) is 17.4. The summed E-state index contributed by atoms with van der Waals surface area (Å²) < 4.78 is 0. The van der Waals surface area contributed by atoms with Crippen LogP contribution >= 0.6 is 0 Å². The van der Waals surface area contributed by atoms with Crippen LogP contribution in [0.15, 0.2) is 60.7 Å². The summed E-state index contributed by atoms with van der Waals surface area (Å²) in [6.45, 7) is 4.00. The van der Waals surface area contributed by atoms with Crippen molar-refractivity contribution in [3.63, 3.8) is 0 Å². The van der Waals surface area contributed by atoms with Crippen molar-refractivity contribution in [2.75, 3.05) is 0 Å². The quantitative estimate of drug-likeness (QED) is 0.671. The van der Waals surface area contributed by atoms with Crippen LogP contribution in [0.2, 0.25) is 0 Å². The van der Waals surface area contributed by atoms with Crippen molar-refractivity contribution < 1.29 is 9.59 Å². The minimum Gasteiger partial charge on any atom is -0.268 e. The van der Waals surface area contributed by atoms with Crippen molar-refractivity contribution in [2.45, 2.75) is 13.8 Å². The maximum Gasteiger partial charge on any atom is 0.262 e. The summed E-state index contributed by atoms with van der Waals surface area (Å²) in [6, 6.07) is 15.5. The number of amides is 2. The number of carbonyl (C=O) groups excluding carboxylic acids is 2. The Kier molecular flexibility index (Phi) is 6.08. The van der Waals surface area contributed by atoms with Crippen LogP contribution < -0.4 is 10.9 Å². The predicted molar refractivity (Wildman–Crippen MR) is 96.7 cm³/mol. The van der Waals surface area contributed by atoms with Crippen LogP contribution in [0.3, 0.4) is 0 Å². The van der Waals surface area contributed by atoms with E-state index in [1.807, 2.05) is 62.4 Å². The van der Waals surface area contributed by atoms with Crippen LogP contribution in [0.5, 0.6) is 0 Å². The molecule has 0 aliphatic heterocycles. The molecule has 0 heterocycles. The summed E-state index contributed by atoms with van der Waals surface area (Å²) in [5.74, 6) is -0.791. The van der Waals surface area contributed by atoms with Gasteiger partial charge in [0.1, 0.15) is 0 Å². The zero-order valence-electron chi connectivity index (χ0n) is 13.7. The number of hydrazine groups is 1. The molecular weight excluding hydrogens is 300 g/mol. The fourth-order valence-electron chi connectivity index (χ4n) is 1.91. The van der Waals surface area contributed by atoms with E-state index in [0.29, 0.717) is 0 Å². The molecule has 0 saturated carbocycles. The molecule has 24 heavy (non-hydrogen) atoms. The molecule has 0 aliphatic carbocycles. The van der Waals surface area contributed by atoms with Gasteiger partial charge in [-0.3, -0.25) is 20.4 Å². The van der Waals surface area contributed by atoms with Crippen molar-refractivity contribution in [3.8, 4) is 0 Å². The number of rotatable bonds is 4. The molecule has 0 saturated heterocycles. The fourth-order valence-corrected chi connectivity index (χ4v) is 1.91. The van der Waals surface area contributed by atoms with E-state index < -0.39 is 11.8 Å². The Morgan fingerprint density at radius 2 is 1.00 bits per heavy atom. The van der Waals surface area contributed by atoms with Gasteiger partial charge in [-0.05, 0) is 37.1 Å². The third kappa shape index (κ3) is 5.93. The summed E-state index contributed by atoms with van der Waals surface area (Å²) in [5, 5.41) is 0.